The number of fused-ring (bicyclic) bond motifs is 6. The van der Waals surface area contributed by atoms with Gasteiger partial charge in [0, 0.05) is 65.7 Å². The highest BCUT2D eigenvalue weighted by molar-refractivity contribution is 5.92. The molecular weight excluding hydrogens is 713 g/mol. The van der Waals surface area contributed by atoms with Crippen molar-refractivity contribution in [2.45, 2.75) is 102 Å². The van der Waals surface area contributed by atoms with E-state index >= 15 is 0 Å². The molecule has 58 heavy (non-hydrogen) atoms. The Kier molecular flexibility index (Phi) is 12.3. The van der Waals surface area contributed by atoms with Gasteiger partial charge >= 0.3 is 0 Å². The van der Waals surface area contributed by atoms with Gasteiger partial charge in [-0.15, -0.1) is 0 Å². The van der Waals surface area contributed by atoms with E-state index in [1.807, 2.05) is 28.4 Å². The normalized spacial score (nSPS) is 14.9. The molecule has 0 aromatic heterocycles. The second kappa shape index (κ2) is 16.9. The molecule has 0 spiro atoms. The molecule has 0 fully saturated rings. The molecule has 5 aromatic carbocycles. The van der Waals surface area contributed by atoms with Crippen molar-refractivity contribution in [3.05, 3.63) is 130 Å². The van der Waals surface area contributed by atoms with E-state index in [9.17, 15) is 0 Å². The first-order valence-electron chi connectivity index (χ1n) is 21.6. The van der Waals surface area contributed by atoms with E-state index in [1.165, 1.54) is 77.9 Å². The Labute approximate surface area is 349 Å². The number of rotatable bonds is 18. The van der Waals surface area contributed by atoms with Crippen molar-refractivity contribution < 1.29 is 18.9 Å². The van der Waals surface area contributed by atoms with Gasteiger partial charge < -0.3 is 18.9 Å². The van der Waals surface area contributed by atoms with Crippen LogP contribution >= 0.6 is 0 Å². The van der Waals surface area contributed by atoms with Crippen molar-refractivity contribution in [2.75, 3.05) is 54.9 Å². The zero-order valence-electron chi connectivity index (χ0n) is 36.9. The fraction of sp³-hybridized carbons (Fsp3) is 0.444. The fourth-order valence-electron chi connectivity index (χ4n) is 9.91. The molecule has 306 valence electrons. The Hall–Kier alpha value is -4.06. The summed E-state index contributed by atoms with van der Waals surface area (Å²) < 4.78 is 23.6. The molecule has 7 rings (SSSR count). The third kappa shape index (κ3) is 7.29. The predicted molar refractivity (Wildman–Crippen MR) is 242 cm³/mol. The smallest absolute Gasteiger partial charge is 0.0474 e. The maximum absolute atomic E-state index is 5.90. The minimum Gasteiger partial charge on any atom is -0.385 e. The van der Waals surface area contributed by atoms with Crippen LogP contribution in [0.4, 0.5) is 0 Å². The van der Waals surface area contributed by atoms with E-state index in [2.05, 4.69) is 139 Å². The fourth-order valence-corrected chi connectivity index (χ4v) is 9.91. The number of hydrogen-bond acceptors (Lipinski definition) is 4. The molecule has 0 amide bonds. The minimum atomic E-state index is -0.274. The topological polar surface area (TPSA) is 36.9 Å². The summed E-state index contributed by atoms with van der Waals surface area (Å²) in [5.74, 6) is 0. The summed E-state index contributed by atoms with van der Waals surface area (Å²) in [5, 5.41) is 0. The summed E-state index contributed by atoms with van der Waals surface area (Å²) in [4.78, 5) is 0. The Bertz CT molecular complexity index is 2030. The first-order chi connectivity index (χ1) is 27.9. The Morgan fingerprint density at radius 1 is 0.379 bits per heavy atom. The number of ether oxygens (including phenoxy) is 4. The molecule has 0 heterocycles. The molecule has 0 radical (unpaired) electrons. The minimum absolute atomic E-state index is 0.146. The van der Waals surface area contributed by atoms with Crippen molar-refractivity contribution in [1.29, 1.82) is 0 Å². The molecule has 0 aliphatic heterocycles. The molecule has 4 nitrogen and oxygen atoms in total. The molecule has 0 atom stereocenters. The quantitative estimate of drug-likeness (QED) is 0.0888. The first kappa shape index (κ1) is 42.1. The SMILES string of the molecule is CCC(C)(C)c1ccc(-c2ccc3c(c2)C(CCOC)(CCOC)c2cc4c(cc2-3)C(CCOC)(CCOC)c2cc(-c3ccc(C(C)(C)CC)cc3)ccc2-4)cc1. The molecule has 4 heteroatoms. The molecule has 5 aromatic rings. The van der Waals surface area contributed by atoms with Crippen LogP contribution in [0.25, 0.3) is 44.5 Å². The standard InChI is InChI=1S/C54H66O4/c1-11-51(3,4)41-19-13-37(14-20-41)39-17-23-43-45-35-50-46(36-49(45)53(25-29-55-7,26-30-56-8)47(43)33-39)44-24-18-40(38-15-21-42(22-16-38)52(5,6)12-2)34-48(44)54(50,27-31-57-9)28-32-58-10/h13-24,33-36H,11-12,25-32H2,1-10H3. The highest BCUT2D eigenvalue weighted by Crippen LogP contribution is 2.60. The largest absolute Gasteiger partial charge is 0.385 e. The second-order valence-corrected chi connectivity index (χ2v) is 18.2. The van der Waals surface area contributed by atoms with Crippen molar-refractivity contribution in [2.24, 2.45) is 0 Å². The van der Waals surface area contributed by atoms with Crippen LogP contribution < -0.4 is 0 Å². The van der Waals surface area contributed by atoms with Crippen LogP contribution in [0.15, 0.2) is 97.1 Å². The second-order valence-electron chi connectivity index (χ2n) is 18.2. The van der Waals surface area contributed by atoms with Gasteiger partial charge in [-0.25, -0.2) is 0 Å². The van der Waals surface area contributed by atoms with Gasteiger partial charge in [0.25, 0.3) is 0 Å². The average molecular weight is 779 g/mol. The molecule has 0 bridgehead atoms. The van der Waals surface area contributed by atoms with Gasteiger partial charge in [0.15, 0.2) is 0 Å². The van der Waals surface area contributed by atoms with Crippen LogP contribution in [0.5, 0.6) is 0 Å². The summed E-state index contributed by atoms with van der Waals surface area (Å²) >= 11 is 0. The van der Waals surface area contributed by atoms with Gasteiger partial charge in [-0.2, -0.15) is 0 Å². The van der Waals surface area contributed by atoms with E-state index in [0.717, 1.165) is 38.5 Å². The molecule has 2 aliphatic carbocycles. The molecule has 0 unspecified atom stereocenters. The highest BCUT2D eigenvalue weighted by atomic mass is 16.5. The van der Waals surface area contributed by atoms with Crippen LogP contribution in [0.3, 0.4) is 0 Å². The number of methoxy groups -OCH3 is 4. The van der Waals surface area contributed by atoms with Crippen LogP contribution in [-0.2, 0) is 40.6 Å². The van der Waals surface area contributed by atoms with Crippen LogP contribution in [-0.4, -0.2) is 54.9 Å². The van der Waals surface area contributed by atoms with Crippen LogP contribution in [0, 0.1) is 0 Å². The summed E-state index contributed by atoms with van der Waals surface area (Å²) in [7, 11) is 7.30. The molecule has 0 saturated heterocycles. The zero-order chi connectivity index (χ0) is 41.3. The summed E-state index contributed by atoms with van der Waals surface area (Å²) in [6.07, 6.45) is 5.68. The van der Waals surface area contributed by atoms with Crippen molar-refractivity contribution in [3.8, 4) is 44.5 Å². The summed E-state index contributed by atoms with van der Waals surface area (Å²) in [5.41, 5.74) is 18.3. The monoisotopic (exact) mass is 778 g/mol. The number of benzene rings is 5. The van der Waals surface area contributed by atoms with Gasteiger partial charge in [-0.05, 0) is 152 Å². The van der Waals surface area contributed by atoms with Crippen LogP contribution in [0.2, 0.25) is 0 Å². The van der Waals surface area contributed by atoms with E-state index < -0.39 is 0 Å². The lowest BCUT2D eigenvalue weighted by Crippen LogP contribution is -2.30. The van der Waals surface area contributed by atoms with E-state index in [4.69, 9.17) is 18.9 Å². The Morgan fingerprint density at radius 2 is 0.672 bits per heavy atom. The van der Waals surface area contributed by atoms with Gasteiger partial charge in [-0.3, -0.25) is 0 Å². The highest BCUT2D eigenvalue weighted by Gasteiger charge is 2.48. The van der Waals surface area contributed by atoms with Crippen molar-refractivity contribution in [3.63, 3.8) is 0 Å². The molecule has 0 N–H and O–H groups in total. The lowest BCUT2D eigenvalue weighted by molar-refractivity contribution is 0.144. The third-order valence-corrected chi connectivity index (χ3v) is 14.5. The number of hydrogen-bond donors (Lipinski definition) is 0. The summed E-state index contributed by atoms with van der Waals surface area (Å²) in [6, 6.07) is 38.0. The molecule has 0 saturated carbocycles. The van der Waals surface area contributed by atoms with E-state index in [-0.39, 0.29) is 21.7 Å². The predicted octanol–water partition coefficient (Wildman–Crippen LogP) is 13.1. The molecular formula is C54H66O4. The Morgan fingerprint density at radius 3 is 0.966 bits per heavy atom. The lowest BCUT2D eigenvalue weighted by atomic mass is 9.70. The average Bonchev–Trinajstić information content (AvgIpc) is 3.67. The van der Waals surface area contributed by atoms with Crippen molar-refractivity contribution >= 4 is 0 Å². The van der Waals surface area contributed by atoms with E-state index in [0.29, 0.717) is 26.4 Å². The van der Waals surface area contributed by atoms with Crippen molar-refractivity contribution in [1.82, 2.24) is 0 Å². The van der Waals surface area contributed by atoms with E-state index in [1.54, 1.807) is 0 Å². The summed E-state index contributed by atoms with van der Waals surface area (Å²) in [6.45, 7) is 16.5. The first-order valence-corrected chi connectivity index (χ1v) is 21.6. The van der Waals surface area contributed by atoms with Gasteiger partial charge in [0.05, 0.1) is 0 Å². The van der Waals surface area contributed by atoms with Gasteiger partial charge in [0.1, 0.15) is 0 Å². The van der Waals surface area contributed by atoms with Gasteiger partial charge in [-0.1, -0.05) is 114 Å². The maximum atomic E-state index is 5.90. The van der Waals surface area contributed by atoms with Crippen LogP contribution in [0.1, 0.15) is 113 Å². The third-order valence-electron chi connectivity index (χ3n) is 14.5. The van der Waals surface area contributed by atoms with Gasteiger partial charge in [0.2, 0.25) is 0 Å². The Balaban J connectivity index is 1.42. The zero-order valence-corrected chi connectivity index (χ0v) is 36.9. The molecule has 2 aliphatic rings. The maximum Gasteiger partial charge on any atom is 0.0474 e. The lowest BCUT2D eigenvalue weighted by Gasteiger charge is -2.34.